The van der Waals surface area contributed by atoms with Crippen molar-refractivity contribution in [1.29, 1.82) is 0 Å². The molecule has 1 amide bonds. The summed E-state index contributed by atoms with van der Waals surface area (Å²) in [6.45, 7) is 1.91. The molecule has 3 nitrogen and oxygen atoms in total. The lowest BCUT2D eigenvalue weighted by molar-refractivity contribution is -0.119. The second-order valence-electron chi connectivity index (χ2n) is 4.56. The number of furan rings is 1. The summed E-state index contributed by atoms with van der Waals surface area (Å²) in [5.41, 5.74) is 2.62. The average molecular weight is 262 g/mol. The van der Waals surface area contributed by atoms with E-state index in [-0.39, 0.29) is 11.8 Å². The van der Waals surface area contributed by atoms with Crippen molar-refractivity contribution in [1.82, 2.24) is 0 Å². The summed E-state index contributed by atoms with van der Waals surface area (Å²) in [5.74, 6) is 0.731. The lowest BCUT2D eigenvalue weighted by Gasteiger charge is -2.18. The third-order valence-electron chi connectivity index (χ3n) is 3.20. The maximum atomic E-state index is 12.0. The van der Waals surface area contributed by atoms with Gasteiger partial charge in [0.2, 0.25) is 5.91 Å². The van der Waals surface area contributed by atoms with Crippen LogP contribution in [0.25, 0.3) is 11.3 Å². The van der Waals surface area contributed by atoms with E-state index in [1.165, 1.54) is 0 Å². The molecule has 1 aromatic heterocycles. The first-order valence-corrected chi connectivity index (χ1v) is 6.20. The Hall–Kier alpha value is -1.74. The zero-order chi connectivity index (χ0) is 12.7. The largest absolute Gasteiger partial charge is 0.464 e. The molecule has 0 fully saturated rings. The van der Waals surface area contributed by atoms with E-state index in [0.717, 1.165) is 22.6 Å². The van der Waals surface area contributed by atoms with E-state index in [1.54, 1.807) is 18.4 Å². The van der Waals surface area contributed by atoms with Crippen molar-refractivity contribution in [2.75, 3.05) is 5.32 Å². The Morgan fingerprint density at radius 3 is 3.06 bits per heavy atom. The zero-order valence-corrected chi connectivity index (χ0v) is 10.6. The molecule has 1 atom stereocenters. The molecule has 3 rings (SSSR count). The molecule has 2 heterocycles. The van der Waals surface area contributed by atoms with Crippen LogP contribution in [-0.2, 0) is 11.2 Å². The van der Waals surface area contributed by atoms with Gasteiger partial charge < -0.3 is 9.73 Å². The summed E-state index contributed by atoms with van der Waals surface area (Å²) in [7, 11) is 0. The molecule has 1 aromatic carbocycles. The van der Waals surface area contributed by atoms with E-state index in [9.17, 15) is 4.79 Å². The fraction of sp³-hybridized carbons (Fsp3) is 0.214. The standard InChI is InChI=1S/C14H12ClNO2/c1-8-6-9-4-5-18-13(9)11-7-10(15)2-3-12(11)16-14(8)17/h2-5,7-8H,6H2,1H3,(H,16,17). The maximum Gasteiger partial charge on any atom is 0.227 e. The molecule has 4 heteroatoms. The molecule has 0 saturated heterocycles. The quantitative estimate of drug-likeness (QED) is 0.785. The van der Waals surface area contributed by atoms with Gasteiger partial charge in [-0.2, -0.15) is 0 Å². The Kier molecular flexibility index (Phi) is 2.63. The predicted molar refractivity (Wildman–Crippen MR) is 70.7 cm³/mol. The monoisotopic (exact) mass is 261 g/mol. The number of rotatable bonds is 0. The molecular formula is C14H12ClNO2. The Labute approximate surface area is 110 Å². The second kappa shape index (κ2) is 4.18. The van der Waals surface area contributed by atoms with Crippen LogP contribution < -0.4 is 5.32 Å². The Morgan fingerprint density at radius 1 is 1.39 bits per heavy atom. The highest BCUT2D eigenvalue weighted by atomic mass is 35.5. The molecule has 18 heavy (non-hydrogen) atoms. The minimum absolute atomic E-state index is 0.0189. The summed E-state index contributed by atoms with van der Waals surface area (Å²) in [6, 6.07) is 7.29. The summed E-state index contributed by atoms with van der Waals surface area (Å²) >= 11 is 6.01. The first-order valence-electron chi connectivity index (χ1n) is 5.82. The van der Waals surface area contributed by atoms with Crippen LogP contribution in [0.2, 0.25) is 5.02 Å². The fourth-order valence-electron chi connectivity index (χ4n) is 2.22. The molecule has 0 aliphatic carbocycles. The van der Waals surface area contributed by atoms with Crippen molar-refractivity contribution < 1.29 is 9.21 Å². The van der Waals surface area contributed by atoms with Gasteiger partial charge in [0, 0.05) is 16.5 Å². The fourth-order valence-corrected chi connectivity index (χ4v) is 2.40. The number of carbonyl (C=O) groups excluding carboxylic acids is 1. The van der Waals surface area contributed by atoms with Crippen molar-refractivity contribution in [3.63, 3.8) is 0 Å². The smallest absolute Gasteiger partial charge is 0.227 e. The van der Waals surface area contributed by atoms with Gasteiger partial charge in [-0.1, -0.05) is 18.5 Å². The molecule has 1 aliphatic rings. The Balaban J connectivity index is 2.23. The highest BCUT2D eigenvalue weighted by Gasteiger charge is 2.23. The van der Waals surface area contributed by atoms with E-state index < -0.39 is 0 Å². The molecule has 0 bridgehead atoms. The van der Waals surface area contributed by atoms with E-state index in [4.69, 9.17) is 16.0 Å². The van der Waals surface area contributed by atoms with Gasteiger partial charge in [0.05, 0.1) is 12.0 Å². The van der Waals surface area contributed by atoms with Crippen LogP contribution in [0.3, 0.4) is 0 Å². The van der Waals surface area contributed by atoms with Gasteiger partial charge in [0.15, 0.2) is 0 Å². The van der Waals surface area contributed by atoms with Crippen molar-refractivity contribution >= 4 is 23.2 Å². The lowest BCUT2D eigenvalue weighted by Crippen LogP contribution is -2.24. The number of hydrogen-bond acceptors (Lipinski definition) is 2. The summed E-state index contributed by atoms with van der Waals surface area (Å²) in [5, 5.41) is 3.54. The van der Waals surface area contributed by atoms with E-state index in [1.807, 2.05) is 19.1 Å². The summed E-state index contributed by atoms with van der Waals surface area (Å²) < 4.78 is 5.55. The van der Waals surface area contributed by atoms with Crippen LogP contribution >= 0.6 is 11.6 Å². The van der Waals surface area contributed by atoms with E-state index in [2.05, 4.69) is 5.32 Å². The SMILES string of the molecule is CC1Cc2ccoc2-c2cc(Cl)ccc2NC1=O. The number of nitrogens with one attached hydrogen (secondary N) is 1. The van der Waals surface area contributed by atoms with Gasteiger partial charge in [-0.3, -0.25) is 4.79 Å². The molecule has 2 aromatic rings. The van der Waals surface area contributed by atoms with Gasteiger partial charge in [-0.05, 0) is 36.2 Å². The average Bonchev–Trinajstić information content (AvgIpc) is 2.77. The molecule has 92 valence electrons. The van der Waals surface area contributed by atoms with Crippen molar-refractivity contribution in [2.24, 2.45) is 5.92 Å². The van der Waals surface area contributed by atoms with Crippen molar-refractivity contribution in [2.45, 2.75) is 13.3 Å². The topological polar surface area (TPSA) is 42.2 Å². The first kappa shape index (κ1) is 11.4. The van der Waals surface area contributed by atoms with E-state index >= 15 is 0 Å². The van der Waals surface area contributed by atoms with Crippen molar-refractivity contribution in [3.8, 4) is 11.3 Å². The minimum atomic E-state index is -0.0785. The maximum absolute atomic E-state index is 12.0. The third kappa shape index (κ3) is 1.81. The molecule has 0 saturated carbocycles. The minimum Gasteiger partial charge on any atom is -0.464 e. The Bertz CT molecular complexity index is 618. The van der Waals surface area contributed by atoms with Crippen LogP contribution in [0.4, 0.5) is 5.69 Å². The summed E-state index contributed by atoms with van der Waals surface area (Å²) in [4.78, 5) is 12.0. The second-order valence-corrected chi connectivity index (χ2v) is 5.00. The van der Waals surface area contributed by atoms with Crippen LogP contribution in [-0.4, -0.2) is 5.91 Å². The third-order valence-corrected chi connectivity index (χ3v) is 3.44. The number of halogens is 1. The van der Waals surface area contributed by atoms with Crippen LogP contribution in [0.1, 0.15) is 12.5 Å². The van der Waals surface area contributed by atoms with Crippen LogP contribution in [0.5, 0.6) is 0 Å². The number of hydrogen-bond donors (Lipinski definition) is 1. The number of carbonyl (C=O) groups is 1. The number of benzene rings is 1. The lowest BCUT2D eigenvalue weighted by atomic mass is 9.95. The van der Waals surface area contributed by atoms with Gasteiger partial charge in [0.1, 0.15) is 5.76 Å². The molecule has 0 radical (unpaired) electrons. The molecular weight excluding hydrogens is 250 g/mol. The molecule has 0 spiro atoms. The predicted octanol–water partition coefficient (Wildman–Crippen LogP) is 3.73. The molecule has 1 aliphatic heterocycles. The van der Waals surface area contributed by atoms with Gasteiger partial charge in [-0.15, -0.1) is 0 Å². The summed E-state index contributed by atoms with van der Waals surface area (Å²) in [6.07, 6.45) is 2.32. The zero-order valence-electron chi connectivity index (χ0n) is 9.87. The molecule has 1 N–H and O–H groups in total. The number of fused-ring (bicyclic) bond motifs is 3. The number of anilines is 1. The Morgan fingerprint density at radius 2 is 2.22 bits per heavy atom. The van der Waals surface area contributed by atoms with E-state index in [0.29, 0.717) is 11.4 Å². The first-order chi connectivity index (χ1) is 8.65. The highest BCUT2D eigenvalue weighted by Crippen LogP contribution is 2.36. The van der Waals surface area contributed by atoms with Crippen molar-refractivity contribution in [3.05, 3.63) is 41.1 Å². The highest BCUT2D eigenvalue weighted by molar-refractivity contribution is 6.31. The van der Waals surface area contributed by atoms with Gasteiger partial charge >= 0.3 is 0 Å². The van der Waals surface area contributed by atoms with Gasteiger partial charge in [-0.25, -0.2) is 0 Å². The molecule has 1 unspecified atom stereocenters. The van der Waals surface area contributed by atoms with Crippen LogP contribution in [0, 0.1) is 5.92 Å². The van der Waals surface area contributed by atoms with Gasteiger partial charge in [0.25, 0.3) is 0 Å². The number of amides is 1. The van der Waals surface area contributed by atoms with Crippen LogP contribution in [0.15, 0.2) is 34.9 Å². The normalized spacial score (nSPS) is 18.3.